The summed E-state index contributed by atoms with van der Waals surface area (Å²) < 4.78 is 5.36. The van der Waals surface area contributed by atoms with Crippen LogP contribution in [0.25, 0.3) is 0 Å². The predicted octanol–water partition coefficient (Wildman–Crippen LogP) is 1.77. The smallest absolute Gasteiger partial charge is 0.251 e. The number of amides is 1. The number of ether oxygens (including phenoxy) is 1. The zero-order chi connectivity index (χ0) is 14.6. The summed E-state index contributed by atoms with van der Waals surface area (Å²) >= 11 is 0. The molecule has 0 bridgehead atoms. The minimum Gasteiger partial charge on any atom is -0.379 e. The lowest BCUT2D eigenvalue weighted by molar-refractivity contribution is 0.0917. The van der Waals surface area contributed by atoms with E-state index in [4.69, 9.17) is 4.74 Å². The standard InChI is InChI=1S/C16H24N2O2/c1-3-4-12-20-13-11-18-16(19)15-8-6-5-7-14(15)9-10-17-2/h3,5-8,17H,1,4,9-13H2,2H3,(H,18,19). The predicted molar refractivity (Wildman–Crippen MR) is 82.0 cm³/mol. The van der Waals surface area contributed by atoms with Gasteiger partial charge in [0.15, 0.2) is 0 Å². The molecular weight excluding hydrogens is 252 g/mol. The monoisotopic (exact) mass is 276 g/mol. The van der Waals surface area contributed by atoms with E-state index in [1.54, 1.807) is 0 Å². The van der Waals surface area contributed by atoms with Gasteiger partial charge in [-0.1, -0.05) is 24.3 Å². The lowest BCUT2D eigenvalue weighted by Crippen LogP contribution is -2.28. The second kappa shape index (κ2) is 10.2. The van der Waals surface area contributed by atoms with Gasteiger partial charge in [-0.15, -0.1) is 6.58 Å². The summed E-state index contributed by atoms with van der Waals surface area (Å²) in [5.41, 5.74) is 1.81. The molecule has 4 heteroatoms. The number of rotatable bonds is 10. The quantitative estimate of drug-likeness (QED) is 0.506. The summed E-state index contributed by atoms with van der Waals surface area (Å²) in [6.45, 7) is 6.18. The Morgan fingerprint density at radius 2 is 2.10 bits per heavy atom. The van der Waals surface area contributed by atoms with Crippen LogP contribution in [0.4, 0.5) is 0 Å². The van der Waals surface area contributed by atoms with E-state index in [1.165, 1.54) is 0 Å². The van der Waals surface area contributed by atoms with Crippen molar-refractivity contribution in [3.63, 3.8) is 0 Å². The first-order valence-electron chi connectivity index (χ1n) is 6.99. The van der Waals surface area contributed by atoms with E-state index >= 15 is 0 Å². The van der Waals surface area contributed by atoms with E-state index in [-0.39, 0.29) is 5.91 Å². The Morgan fingerprint density at radius 1 is 1.30 bits per heavy atom. The van der Waals surface area contributed by atoms with E-state index in [9.17, 15) is 4.79 Å². The van der Waals surface area contributed by atoms with Crippen LogP contribution < -0.4 is 10.6 Å². The van der Waals surface area contributed by atoms with Crippen molar-refractivity contribution in [3.8, 4) is 0 Å². The zero-order valence-electron chi connectivity index (χ0n) is 12.2. The van der Waals surface area contributed by atoms with Gasteiger partial charge < -0.3 is 15.4 Å². The van der Waals surface area contributed by atoms with E-state index in [0.29, 0.717) is 19.8 Å². The fraction of sp³-hybridized carbons (Fsp3) is 0.438. The molecule has 0 fully saturated rings. The van der Waals surface area contributed by atoms with Crippen molar-refractivity contribution in [2.75, 3.05) is 33.4 Å². The largest absolute Gasteiger partial charge is 0.379 e. The van der Waals surface area contributed by atoms with Crippen molar-refractivity contribution < 1.29 is 9.53 Å². The van der Waals surface area contributed by atoms with E-state index in [2.05, 4.69) is 17.2 Å². The normalized spacial score (nSPS) is 10.2. The van der Waals surface area contributed by atoms with Crippen LogP contribution in [-0.4, -0.2) is 39.3 Å². The molecule has 4 nitrogen and oxygen atoms in total. The Kier molecular flexibility index (Phi) is 8.35. The third kappa shape index (κ3) is 5.99. The molecule has 0 aliphatic carbocycles. The number of hydrogen-bond donors (Lipinski definition) is 2. The van der Waals surface area contributed by atoms with Crippen molar-refractivity contribution in [3.05, 3.63) is 48.0 Å². The summed E-state index contributed by atoms with van der Waals surface area (Å²) in [5, 5.41) is 5.98. The van der Waals surface area contributed by atoms with Gasteiger partial charge in [-0.3, -0.25) is 4.79 Å². The first-order valence-corrected chi connectivity index (χ1v) is 6.99. The van der Waals surface area contributed by atoms with Gasteiger partial charge in [-0.2, -0.15) is 0 Å². The molecule has 1 aromatic rings. The first kappa shape index (κ1) is 16.4. The summed E-state index contributed by atoms with van der Waals surface area (Å²) in [6.07, 6.45) is 3.49. The van der Waals surface area contributed by atoms with Crippen LogP contribution in [0, 0.1) is 0 Å². The molecule has 2 N–H and O–H groups in total. The molecular formula is C16H24N2O2. The molecule has 20 heavy (non-hydrogen) atoms. The second-order valence-corrected chi connectivity index (χ2v) is 4.46. The van der Waals surface area contributed by atoms with Crippen molar-refractivity contribution in [2.45, 2.75) is 12.8 Å². The maximum absolute atomic E-state index is 12.1. The highest BCUT2D eigenvalue weighted by molar-refractivity contribution is 5.95. The summed E-state index contributed by atoms with van der Waals surface area (Å²) in [6, 6.07) is 7.70. The molecule has 0 aliphatic rings. The van der Waals surface area contributed by atoms with E-state index in [1.807, 2.05) is 37.4 Å². The summed E-state index contributed by atoms with van der Waals surface area (Å²) in [5.74, 6) is -0.0379. The van der Waals surface area contributed by atoms with Gasteiger partial charge in [0.25, 0.3) is 5.91 Å². The number of carbonyl (C=O) groups excluding carboxylic acids is 1. The molecule has 0 radical (unpaired) electrons. The molecule has 0 saturated heterocycles. The number of benzene rings is 1. The van der Waals surface area contributed by atoms with Crippen LogP contribution in [0.2, 0.25) is 0 Å². The molecule has 0 saturated carbocycles. The van der Waals surface area contributed by atoms with Gasteiger partial charge >= 0.3 is 0 Å². The van der Waals surface area contributed by atoms with Gasteiger partial charge in [0.2, 0.25) is 0 Å². The van der Waals surface area contributed by atoms with Gasteiger partial charge in [0, 0.05) is 12.1 Å². The number of hydrogen-bond acceptors (Lipinski definition) is 3. The highest BCUT2D eigenvalue weighted by Crippen LogP contribution is 2.09. The van der Waals surface area contributed by atoms with Gasteiger partial charge in [-0.05, 0) is 38.1 Å². The molecule has 0 aliphatic heterocycles. The first-order chi connectivity index (χ1) is 9.79. The summed E-state index contributed by atoms with van der Waals surface area (Å²) in [7, 11) is 1.91. The molecule has 110 valence electrons. The Labute approximate surface area is 121 Å². The topological polar surface area (TPSA) is 50.4 Å². The highest BCUT2D eigenvalue weighted by Gasteiger charge is 2.09. The number of carbonyl (C=O) groups is 1. The molecule has 1 rings (SSSR count). The van der Waals surface area contributed by atoms with Crippen LogP contribution in [0.15, 0.2) is 36.9 Å². The highest BCUT2D eigenvalue weighted by atomic mass is 16.5. The number of nitrogens with one attached hydrogen (secondary N) is 2. The van der Waals surface area contributed by atoms with Crippen molar-refractivity contribution in [1.29, 1.82) is 0 Å². The zero-order valence-corrected chi connectivity index (χ0v) is 12.2. The molecule has 0 unspecified atom stereocenters. The van der Waals surface area contributed by atoms with E-state index < -0.39 is 0 Å². The second-order valence-electron chi connectivity index (χ2n) is 4.46. The third-order valence-corrected chi connectivity index (χ3v) is 2.90. The lowest BCUT2D eigenvalue weighted by Gasteiger charge is -2.10. The summed E-state index contributed by atoms with van der Waals surface area (Å²) in [4.78, 5) is 12.1. The van der Waals surface area contributed by atoms with Crippen molar-refractivity contribution >= 4 is 5.91 Å². The van der Waals surface area contributed by atoms with Crippen LogP contribution in [0.1, 0.15) is 22.3 Å². The van der Waals surface area contributed by atoms with Crippen LogP contribution in [-0.2, 0) is 11.2 Å². The van der Waals surface area contributed by atoms with Gasteiger partial charge in [-0.25, -0.2) is 0 Å². The Morgan fingerprint density at radius 3 is 2.85 bits per heavy atom. The average Bonchev–Trinajstić information content (AvgIpc) is 2.48. The lowest BCUT2D eigenvalue weighted by atomic mass is 10.0. The van der Waals surface area contributed by atoms with Crippen LogP contribution >= 0.6 is 0 Å². The van der Waals surface area contributed by atoms with Crippen LogP contribution in [0.3, 0.4) is 0 Å². The molecule has 0 heterocycles. The molecule has 0 spiro atoms. The fourth-order valence-corrected chi connectivity index (χ4v) is 1.82. The minimum atomic E-state index is -0.0379. The van der Waals surface area contributed by atoms with Crippen molar-refractivity contribution in [1.82, 2.24) is 10.6 Å². The Balaban J connectivity index is 2.40. The Hall–Kier alpha value is -1.65. The molecule has 0 aromatic heterocycles. The van der Waals surface area contributed by atoms with Crippen LogP contribution in [0.5, 0.6) is 0 Å². The van der Waals surface area contributed by atoms with E-state index in [0.717, 1.165) is 30.5 Å². The Bertz CT molecular complexity index is 419. The fourth-order valence-electron chi connectivity index (χ4n) is 1.82. The van der Waals surface area contributed by atoms with Gasteiger partial charge in [0.1, 0.15) is 0 Å². The maximum atomic E-state index is 12.1. The average molecular weight is 276 g/mol. The molecule has 1 amide bonds. The minimum absolute atomic E-state index is 0.0379. The van der Waals surface area contributed by atoms with Gasteiger partial charge in [0.05, 0.1) is 13.2 Å². The molecule has 0 atom stereocenters. The number of likely N-dealkylation sites (N-methyl/N-ethyl adjacent to an activating group) is 1. The molecule has 1 aromatic carbocycles. The van der Waals surface area contributed by atoms with Crippen molar-refractivity contribution in [2.24, 2.45) is 0 Å². The maximum Gasteiger partial charge on any atom is 0.251 e. The third-order valence-electron chi connectivity index (χ3n) is 2.90. The SMILES string of the molecule is C=CCCOCCNC(=O)c1ccccc1CCNC.